The Bertz CT molecular complexity index is 910. The van der Waals surface area contributed by atoms with E-state index in [9.17, 15) is 9.59 Å². The number of aryl methyl sites for hydroxylation is 1. The Morgan fingerprint density at radius 2 is 1.90 bits per heavy atom. The van der Waals surface area contributed by atoms with E-state index in [1.165, 1.54) is 35.6 Å². The molecule has 29 heavy (non-hydrogen) atoms. The zero-order valence-electron chi connectivity index (χ0n) is 17.0. The van der Waals surface area contributed by atoms with Crippen molar-refractivity contribution in [3.63, 3.8) is 0 Å². The van der Waals surface area contributed by atoms with Crippen LogP contribution in [0.3, 0.4) is 0 Å². The minimum Gasteiger partial charge on any atom is -0.323 e. The fraction of sp³-hybridized carbons (Fsp3) is 0.500. The number of piperidine rings is 1. The topological polar surface area (TPSA) is 58.4 Å². The predicted octanol–water partition coefficient (Wildman–Crippen LogP) is 4.15. The van der Waals surface area contributed by atoms with Crippen LogP contribution in [0.25, 0.3) is 0 Å². The average molecular weight is 415 g/mol. The lowest BCUT2D eigenvalue weighted by Gasteiger charge is -2.45. The van der Waals surface area contributed by atoms with Gasteiger partial charge in [-0.05, 0) is 68.5 Å². The third kappa shape index (κ3) is 4.09. The molecule has 154 valence electrons. The van der Waals surface area contributed by atoms with Crippen LogP contribution in [0.1, 0.15) is 54.2 Å². The molecule has 2 aromatic rings. The van der Waals surface area contributed by atoms with Crippen molar-refractivity contribution < 1.29 is 9.59 Å². The van der Waals surface area contributed by atoms with Crippen molar-refractivity contribution in [2.75, 3.05) is 19.6 Å². The first kappa shape index (κ1) is 20.1. The maximum Gasteiger partial charge on any atom is 0.344 e. The lowest BCUT2D eigenvalue weighted by molar-refractivity contribution is 0.0584. The van der Waals surface area contributed by atoms with E-state index >= 15 is 0 Å². The molecule has 2 aliphatic rings. The lowest BCUT2D eigenvalue weighted by Crippen LogP contribution is -2.53. The van der Waals surface area contributed by atoms with Crippen molar-refractivity contribution in [2.24, 2.45) is 0 Å². The molecule has 2 fully saturated rings. The minimum atomic E-state index is -0.151. The summed E-state index contributed by atoms with van der Waals surface area (Å²) in [5.74, 6) is -0.132. The predicted molar refractivity (Wildman–Crippen MR) is 112 cm³/mol. The van der Waals surface area contributed by atoms with Gasteiger partial charge >= 0.3 is 6.03 Å². The molecule has 3 heterocycles. The van der Waals surface area contributed by atoms with Gasteiger partial charge < -0.3 is 4.90 Å². The molecule has 4 rings (SSSR count). The van der Waals surface area contributed by atoms with E-state index < -0.39 is 0 Å². The Balaban J connectivity index is 1.42. The number of Topliss-reactive ketones (excluding diaryl/α,β-unsaturated/α-hetero) is 1. The number of carbonyl (C=O) groups excluding carboxylic acids is 2. The normalized spacial score (nSPS) is 19.1. The van der Waals surface area contributed by atoms with Gasteiger partial charge in [0.15, 0.2) is 5.78 Å². The van der Waals surface area contributed by atoms with Crippen molar-refractivity contribution in [3.05, 3.63) is 52.3 Å². The number of hydrogen-bond acceptors (Lipinski definition) is 4. The molecule has 0 unspecified atom stereocenters. The maximum atomic E-state index is 12.8. The molecule has 1 aromatic carbocycles. The molecule has 0 radical (unpaired) electrons. The van der Waals surface area contributed by atoms with Crippen LogP contribution in [0.5, 0.6) is 0 Å². The summed E-state index contributed by atoms with van der Waals surface area (Å²) in [6, 6.07) is 7.70. The molecule has 1 amide bonds. The standard InChI is InChI=1S/C22H27ClN4O2/c1-16-12-18(14-19(23)13-16)15-26-8-3-5-22(26)6-10-25(11-7-22)21(29)27-9-4-20(24-27)17(2)28/h4,9,12-14H,3,5-8,10-11,15H2,1-2H3. The largest absolute Gasteiger partial charge is 0.344 e. The van der Waals surface area contributed by atoms with Crippen molar-refractivity contribution in [1.82, 2.24) is 19.6 Å². The van der Waals surface area contributed by atoms with Crippen LogP contribution in [0.4, 0.5) is 4.79 Å². The third-order valence-corrected chi connectivity index (χ3v) is 6.54. The monoisotopic (exact) mass is 414 g/mol. The number of carbonyl (C=O) groups is 2. The summed E-state index contributed by atoms with van der Waals surface area (Å²) in [5.41, 5.74) is 2.92. The van der Waals surface area contributed by atoms with Gasteiger partial charge in [-0.25, -0.2) is 4.79 Å². The van der Waals surface area contributed by atoms with Crippen LogP contribution >= 0.6 is 11.6 Å². The summed E-state index contributed by atoms with van der Waals surface area (Å²) in [6.07, 6.45) is 5.85. The molecule has 7 heteroatoms. The molecular formula is C22H27ClN4O2. The first-order chi connectivity index (χ1) is 13.9. The summed E-state index contributed by atoms with van der Waals surface area (Å²) in [5, 5.41) is 4.90. The fourth-order valence-electron chi connectivity index (χ4n) is 4.81. The summed E-state index contributed by atoms with van der Waals surface area (Å²) in [7, 11) is 0. The number of halogens is 1. The molecule has 0 N–H and O–H groups in total. The van der Waals surface area contributed by atoms with Gasteiger partial charge in [-0.15, -0.1) is 0 Å². The third-order valence-electron chi connectivity index (χ3n) is 6.33. The first-order valence-corrected chi connectivity index (χ1v) is 10.6. The molecule has 0 saturated carbocycles. The van der Waals surface area contributed by atoms with Gasteiger partial charge in [0.2, 0.25) is 0 Å². The van der Waals surface area contributed by atoms with E-state index in [1.54, 1.807) is 12.3 Å². The zero-order valence-corrected chi connectivity index (χ0v) is 17.8. The molecule has 0 aliphatic carbocycles. The number of ketones is 1. The van der Waals surface area contributed by atoms with Crippen LogP contribution in [-0.2, 0) is 6.54 Å². The van der Waals surface area contributed by atoms with Crippen molar-refractivity contribution >= 4 is 23.4 Å². The van der Waals surface area contributed by atoms with Gasteiger partial charge in [0, 0.05) is 43.3 Å². The van der Waals surface area contributed by atoms with Crippen LogP contribution in [0, 0.1) is 6.92 Å². The summed E-state index contributed by atoms with van der Waals surface area (Å²) >= 11 is 6.25. The molecular weight excluding hydrogens is 388 g/mol. The van der Waals surface area contributed by atoms with Gasteiger partial charge in [-0.1, -0.05) is 17.7 Å². The SMILES string of the molecule is CC(=O)c1ccn(C(=O)N2CCC3(CCCN3Cc3cc(C)cc(Cl)c3)CC2)n1. The summed E-state index contributed by atoms with van der Waals surface area (Å²) < 4.78 is 1.29. The highest BCUT2D eigenvalue weighted by Crippen LogP contribution is 2.39. The van der Waals surface area contributed by atoms with Crippen LogP contribution in [-0.4, -0.2) is 56.6 Å². The molecule has 2 aliphatic heterocycles. The van der Waals surface area contributed by atoms with Crippen molar-refractivity contribution in [2.45, 2.75) is 51.6 Å². The molecule has 0 bridgehead atoms. The van der Waals surface area contributed by atoms with Gasteiger partial charge in [-0.2, -0.15) is 9.78 Å². The van der Waals surface area contributed by atoms with Crippen molar-refractivity contribution in [1.29, 1.82) is 0 Å². The Kier molecular flexibility index (Phi) is 5.49. The van der Waals surface area contributed by atoms with E-state index in [4.69, 9.17) is 11.6 Å². The molecule has 0 atom stereocenters. The highest BCUT2D eigenvalue weighted by molar-refractivity contribution is 6.30. The fourth-order valence-corrected chi connectivity index (χ4v) is 5.12. The number of likely N-dealkylation sites (tertiary alicyclic amines) is 2. The Morgan fingerprint density at radius 1 is 1.14 bits per heavy atom. The van der Waals surface area contributed by atoms with E-state index in [1.807, 2.05) is 11.0 Å². The Hall–Kier alpha value is -2.18. The van der Waals surface area contributed by atoms with E-state index in [0.29, 0.717) is 18.8 Å². The molecule has 1 spiro atoms. The second kappa shape index (κ2) is 7.92. The number of nitrogens with zero attached hydrogens (tertiary/aromatic N) is 4. The second-order valence-corrected chi connectivity index (χ2v) is 8.79. The van der Waals surface area contributed by atoms with Crippen LogP contribution in [0.15, 0.2) is 30.5 Å². The highest BCUT2D eigenvalue weighted by Gasteiger charge is 2.43. The Morgan fingerprint density at radius 3 is 2.55 bits per heavy atom. The minimum absolute atomic E-state index is 0.132. The number of hydrogen-bond donors (Lipinski definition) is 0. The van der Waals surface area contributed by atoms with Crippen LogP contribution < -0.4 is 0 Å². The lowest BCUT2D eigenvalue weighted by atomic mass is 9.84. The van der Waals surface area contributed by atoms with Gasteiger partial charge in [0.25, 0.3) is 0 Å². The highest BCUT2D eigenvalue weighted by atomic mass is 35.5. The number of amides is 1. The van der Waals surface area contributed by atoms with E-state index in [0.717, 1.165) is 31.0 Å². The van der Waals surface area contributed by atoms with Gasteiger partial charge in [0.05, 0.1) is 0 Å². The zero-order chi connectivity index (χ0) is 20.6. The first-order valence-electron chi connectivity index (χ1n) is 10.2. The number of benzene rings is 1. The maximum absolute atomic E-state index is 12.8. The summed E-state index contributed by atoms with van der Waals surface area (Å²) in [4.78, 5) is 28.6. The van der Waals surface area contributed by atoms with Crippen LogP contribution in [0.2, 0.25) is 5.02 Å². The number of rotatable bonds is 3. The van der Waals surface area contributed by atoms with Gasteiger partial charge in [-0.3, -0.25) is 9.69 Å². The van der Waals surface area contributed by atoms with Crippen molar-refractivity contribution in [3.8, 4) is 0 Å². The quantitative estimate of drug-likeness (QED) is 0.708. The number of aromatic nitrogens is 2. The van der Waals surface area contributed by atoms with Gasteiger partial charge in [0.1, 0.15) is 5.69 Å². The molecule has 2 saturated heterocycles. The Labute approximate surface area is 176 Å². The smallest absolute Gasteiger partial charge is 0.323 e. The van der Waals surface area contributed by atoms with E-state index in [2.05, 4.69) is 29.1 Å². The molecule has 1 aromatic heterocycles. The average Bonchev–Trinajstić information content (AvgIpc) is 3.30. The van der Waals surface area contributed by atoms with E-state index in [-0.39, 0.29) is 17.4 Å². The summed E-state index contributed by atoms with van der Waals surface area (Å²) in [6.45, 7) is 6.93. The second-order valence-electron chi connectivity index (χ2n) is 8.36. The molecule has 6 nitrogen and oxygen atoms in total.